The van der Waals surface area contributed by atoms with Gasteiger partial charge in [0, 0.05) is 13.2 Å². The molecule has 0 aliphatic carbocycles. The third-order valence-electron chi connectivity index (χ3n) is 4.78. The van der Waals surface area contributed by atoms with Crippen molar-refractivity contribution in [1.29, 1.82) is 0 Å². The number of aromatic nitrogens is 2. The van der Waals surface area contributed by atoms with Crippen molar-refractivity contribution < 1.29 is 24.7 Å². The maximum Gasteiger partial charge on any atom is 3.00 e. The molecule has 0 bridgehead atoms. The zero-order chi connectivity index (χ0) is 21.3. The first-order chi connectivity index (χ1) is 15.3. The summed E-state index contributed by atoms with van der Waals surface area (Å²) in [5.41, 5.74) is 6.50. The second-order valence-corrected chi connectivity index (χ2v) is 6.90. The molecule has 2 heterocycles. The molecule has 0 saturated heterocycles. The molecule has 0 unspecified atom stereocenters. The number of pyridine rings is 2. The molecule has 5 aromatic rings. The van der Waals surface area contributed by atoms with Gasteiger partial charge in [-0.1, -0.05) is 54.1 Å². The van der Waals surface area contributed by atoms with Gasteiger partial charge in [-0.25, -0.2) is 0 Å². The predicted octanol–water partition coefficient (Wildman–Crippen LogP) is 6.29. The van der Waals surface area contributed by atoms with Crippen LogP contribution in [0, 0.1) is 19.2 Å². The van der Waals surface area contributed by atoms with E-state index in [0.29, 0.717) is 0 Å². The van der Waals surface area contributed by atoms with E-state index in [2.05, 4.69) is 42.4 Å². The van der Waals surface area contributed by atoms with E-state index in [4.69, 9.17) is 0 Å². The van der Waals surface area contributed by atoms with E-state index in [1.54, 1.807) is 0 Å². The Morgan fingerprint density at radius 2 is 1.31 bits per heavy atom. The van der Waals surface area contributed by atoms with Gasteiger partial charge in [0.15, 0.2) is 0 Å². The van der Waals surface area contributed by atoms with Crippen LogP contribution >= 0.6 is 0 Å². The average Bonchev–Trinajstić information content (AvgIpc) is 2.86. The van der Waals surface area contributed by atoms with Gasteiger partial charge in [-0.3, -0.25) is 0 Å². The SMILES string of the molecule is [CH2-][n+]1ccccc1-c1[c-]cccc1.[Ir+3].[c-]1ccccc1-c1cc(-c2ccccc2)ccn1. The van der Waals surface area contributed by atoms with Gasteiger partial charge >= 0.3 is 20.1 Å². The number of benzene rings is 3. The third-order valence-corrected chi connectivity index (χ3v) is 4.78. The van der Waals surface area contributed by atoms with E-state index >= 15 is 0 Å². The minimum Gasteiger partial charge on any atom is -0.321 e. The minimum absolute atomic E-state index is 0. The average molecular weight is 591 g/mol. The Balaban J connectivity index is 0.000000184. The zero-order valence-corrected chi connectivity index (χ0v) is 19.9. The smallest absolute Gasteiger partial charge is 0.321 e. The van der Waals surface area contributed by atoms with E-state index in [9.17, 15) is 0 Å². The van der Waals surface area contributed by atoms with E-state index in [-0.39, 0.29) is 20.1 Å². The van der Waals surface area contributed by atoms with Gasteiger partial charge in [-0.2, -0.15) is 0 Å². The normalized spacial score (nSPS) is 9.75. The van der Waals surface area contributed by atoms with Crippen molar-refractivity contribution in [2.45, 2.75) is 0 Å². The van der Waals surface area contributed by atoms with Crippen molar-refractivity contribution in [2.24, 2.45) is 0 Å². The molecule has 0 aliphatic rings. The van der Waals surface area contributed by atoms with Crippen molar-refractivity contribution >= 4 is 0 Å². The second-order valence-electron chi connectivity index (χ2n) is 6.90. The van der Waals surface area contributed by atoms with Gasteiger partial charge in [-0.05, 0) is 29.0 Å². The van der Waals surface area contributed by atoms with Gasteiger partial charge < -0.3 is 9.55 Å². The summed E-state index contributed by atoms with van der Waals surface area (Å²) in [5.74, 6) is 0. The zero-order valence-electron chi connectivity index (χ0n) is 17.5. The molecular weight excluding hydrogens is 569 g/mol. The Morgan fingerprint density at radius 1 is 0.656 bits per heavy atom. The third kappa shape index (κ3) is 6.01. The van der Waals surface area contributed by atoms with Crippen LogP contribution in [0.1, 0.15) is 0 Å². The molecule has 0 atom stereocenters. The molecule has 3 aromatic carbocycles. The van der Waals surface area contributed by atoms with E-state index in [1.165, 1.54) is 11.1 Å². The predicted molar refractivity (Wildman–Crippen MR) is 126 cm³/mol. The van der Waals surface area contributed by atoms with Crippen molar-refractivity contribution in [2.75, 3.05) is 0 Å². The van der Waals surface area contributed by atoms with Crippen LogP contribution in [0.4, 0.5) is 0 Å². The second kappa shape index (κ2) is 11.8. The summed E-state index contributed by atoms with van der Waals surface area (Å²) in [6, 6.07) is 42.6. The van der Waals surface area contributed by atoms with E-state index in [0.717, 1.165) is 22.5 Å². The molecule has 0 amide bonds. The molecule has 0 saturated carbocycles. The van der Waals surface area contributed by atoms with Crippen molar-refractivity contribution in [3.63, 3.8) is 0 Å². The Kier molecular flexibility index (Phi) is 8.51. The fraction of sp³-hybridized carbons (Fsp3) is 0. The molecule has 32 heavy (non-hydrogen) atoms. The van der Waals surface area contributed by atoms with Crippen LogP contribution in [0.25, 0.3) is 33.6 Å². The fourth-order valence-electron chi connectivity index (χ4n) is 3.21. The summed E-state index contributed by atoms with van der Waals surface area (Å²) in [7, 11) is 3.89. The van der Waals surface area contributed by atoms with Crippen molar-refractivity contribution in [3.8, 4) is 33.6 Å². The van der Waals surface area contributed by atoms with Gasteiger partial charge in [0.2, 0.25) is 0 Å². The van der Waals surface area contributed by atoms with Crippen LogP contribution in [0.2, 0.25) is 0 Å². The summed E-state index contributed by atoms with van der Waals surface area (Å²) in [6.45, 7) is 0. The molecular formula is C29H22IrN2+. The van der Waals surface area contributed by atoms with Crippen LogP contribution in [0.3, 0.4) is 0 Å². The van der Waals surface area contributed by atoms with Crippen LogP contribution in [-0.2, 0) is 20.1 Å². The van der Waals surface area contributed by atoms with Gasteiger partial charge in [-0.15, -0.1) is 66.2 Å². The first-order valence-corrected chi connectivity index (χ1v) is 10.1. The number of hydrogen-bond donors (Lipinski definition) is 0. The molecule has 0 radical (unpaired) electrons. The van der Waals surface area contributed by atoms with Gasteiger partial charge in [0.05, 0.1) is 6.20 Å². The minimum atomic E-state index is 0. The van der Waals surface area contributed by atoms with Gasteiger partial charge in [0.25, 0.3) is 0 Å². The van der Waals surface area contributed by atoms with Crippen LogP contribution < -0.4 is 4.57 Å². The molecule has 5 rings (SSSR count). The Bertz CT molecular complexity index is 1170. The molecule has 3 heteroatoms. The topological polar surface area (TPSA) is 16.8 Å². The van der Waals surface area contributed by atoms with Crippen LogP contribution in [0.15, 0.2) is 122 Å². The summed E-state index contributed by atoms with van der Waals surface area (Å²) >= 11 is 0. The molecule has 0 fully saturated rings. The molecule has 0 spiro atoms. The summed E-state index contributed by atoms with van der Waals surface area (Å²) in [6.07, 6.45) is 3.77. The summed E-state index contributed by atoms with van der Waals surface area (Å²) in [4.78, 5) is 4.40. The Hall–Kier alpha value is -3.52. The van der Waals surface area contributed by atoms with Crippen molar-refractivity contribution in [3.05, 3.63) is 141 Å². The van der Waals surface area contributed by atoms with E-state index in [1.807, 2.05) is 108 Å². The number of nitrogens with zero attached hydrogens (tertiary/aromatic N) is 2. The first kappa shape index (κ1) is 23.1. The molecule has 0 aliphatic heterocycles. The van der Waals surface area contributed by atoms with Crippen molar-refractivity contribution in [1.82, 2.24) is 4.98 Å². The van der Waals surface area contributed by atoms with Crippen LogP contribution in [0.5, 0.6) is 0 Å². The first-order valence-electron chi connectivity index (χ1n) is 10.1. The number of rotatable bonds is 3. The Labute approximate surface area is 203 Å². The molecule has 2 nitrogen and oxygen atoms in total. The monoisotopic (exact) mass is 591 g/mol. The molecule has 0 N–H and O–H groups in total. The van der Waals surface area contributed by atoms with E-state index < -0.39 is 0 Å². The van der Waals surface area contributed by atoms with Gasteiger partial charge in [0.1, 0.15) is 5.69 Å². The maximum atomic E-state index is 4.40. The largest absolute Gasteiger partial charge is 3.00 e. The standard InChI is InChI=1S/C17H12N.C12H10N.Ir/c1-3-7-14(8-4-1)16-11-12-18-17(13-16)15-9-5-2-6-10-15;1-13-10-6-5-9-12(13)11-7-3-2-4-8-11;/h1-9,11-13H;2-7,9-10H,1H2;/q2*-1;+3. The molecule has 2 aromatic heterocycles. The quantitative estimate of drug-likeness (QED) is 0.178. The number of hydrogen-bond acceptors (Lipinski definition) is 1. The summed E-state index contributed by atoms with van der Waals surface area (Å²) in [5, 5.41) is 0. The van der Waals surface area contributed by atoms with Crippen LogP contribution in [-0.4, -0.2) is 4.98 Å². The fourth-order valence-corrected chi connectivity index (χ4v) is 3.21. The Morgan fingerprint density at radius 3 is 1.97 bits per heavy atom. The molecule has 156 valence electrons. The summed E-state index contributed by atoms with van der Waals surface area (Å²) < 4.78 is 1.84. The maximum absolute atomic E-state index is 4.40.